The number of carbonyl (C=O) groups excluding carboxylic acids is 1. The third kappa shape index (κ3) is 3.42. The van der Waals surface area contributed by atoms with Crippen molar-refractivity contribution in [3.8, 4) is 0 Å². The largest absolute Gasteiger partial charge is 0.398 e. The fraction of sp³-hybridized carbons (Fsp3) is 0.300. The zero-order valence-electron chi connectivity index (χ0n) is 8.33. The molecule has 0 aliphatic carbocycles. The van der Waals surface area contributed by atoms with Gasteiger partial charge in [0.15, 0.2) is 0 Å². The Morgan fingerprint density at radius 3 is 2.87 bits per heavy atom. The van der Waals surface area contributed by atoms with Gasteiger partial charge < -0.3 is 16.2 Å². The Kier molecular flexibility index (Phi) is 3.94. The van der Waals surface area contributed by atoms with Crippen LogP contribution in [0.25, 0.3) is 0 Å². The summed E-state index contributed by atoms with van der Waals surface area (Å²) in [7, 11) is 0. The SMILES string of the molecule is C[C@H](O)CNC(=O)c1ccc(Cl)c(N)c1. The monoisotopic (exact) mass is 228 g/mol. The van der Waals surface area contributed by atoms with E-state index in [2.05, 4.69) is 5.32 Å². The number of hydrogen-bond donors (Lipinski definition) is 3. The van der Waals surface area contributed by atoms with Gasteiger partial charge >= 0.3 is 0 Å². The number of nitrogen functional groups attached to an aromatic ring is 1. The van der Waals surface area contributed by atoms with Gasteiger partial charge in [0.05, 0.1) is 16.8 Å². The van der Waals surface area contributed by atoms with Crippen molar-refractivity contribution >= 4 is 23.2 Å². The maximum absolute atomic E-state index is 11.5. The average molecular weight is 229 g/mol. The minimum atomic E-state index is -0.571. The van der Waals surface area contributed by atoms with Crippen LogP contribution < -0.4 is 11.1 Å². The van der Waals surface area contributed by atoms with Gasteiger partial charge in [-0.1, -0.05) is 11.6 Å². The highest BCUT2D eigenvalue weighted by Crippen LogP contribution is 2.19. The third-order valence-electron chi connectivity index (χ3n) is 1.82. The Labute approximate surface area is 93.0 Å². The summed E-state index contributed by atoms with van der Waals surface area (Å²) in [5.74, 6) is -0.278. The minimum absolute atomic E-state index is 0.210. The molecule has 0 spiro atoms. The van der Waals surface area contributed by atoms with E-state index in [0.717, 1.165) is 0 Å². The smallest absolute Gasteiger partial charge is 0.251 e. The second kappa shape index (κ2) is 5.00. The summed E-state index contributed by atoms with van der Waals surface area (Å²) in [5, 5.41) is 12.0. The second-order valence-corrected chi connectivity index (χ2v) is 3.70. The van der Waals surface area contributed by atoms with Crippen LogP contribution in [-0.2, 0) is 0 Å². The lowest BCUT2D eigenvalue weighted by molar-refractivity contribution is 0.0924. The van der Waals surface area contributed by atoms with Crippen molar-refractivity contribution in [1.29, 1.82) is 0 Å². The van der Waals surface area contributed by atoms with Crippen LogP contribution in [0.2, 0.25) is 5.02 Å². The number of aliphatic hydroxyl groups is 1. The van der Waals surface area contributed by atoms with Gasteiger partial charge in [-0.15, -0.1) is 0 Å². The van der Waals surface area contributed by atoms with E-state index in [-0.39, 0.29) is 12.5 Å². The number of benzene rings is 1. The molecular formula is C10H13ClN2O2. The Hall–Kier alpha value is -1.26. The zero-order chi connectivity index (χ0) is 11.4. The third-order valence-corrected chi connectivity index (χ3v) is 2.16. The van der Waals surface area contributed by atoms with Gasteiger partial charge in [0.25, 0.3) is 5.91 Å². The molecule has 0 heterocycles. The number of hydrogen-bond acceptors (Lipinski definition) is 3. The predicted molar refractivity (Wildman–Crippen MR) is 59.9 cm³/mol. The zero-order valence-corrected chi connectivity index (χ0v) is 9.08. The van der Waals surface area contributed by atoms with Crippen molar-refractivity contribution in [2.45, 2.75) is 13.0 Å². The molecule has 82 valence electrons. The lowest BCUT2D eigenvalue weighted by Crippen LogP contribution is -2.30. The molecule has 15 heavy (non-hydrogen) atoms. The summed E-state index contributed by atoms with van der Waals surface area (Å²) in [4.78, 5) is 11.5. The predicted octanol–water partition coefficient (Wildman–Crippen LogP) is 1.03. The van der Waals surface area contributed by atoms with E-state index in [1.165, 1.54) is 6.07 Å². The van der Waals surface area contributed by atoms with E-state index in [9.17, 15) is 4.79 Å². The molecule has 0 saturated carbocycles. The van der Waals surface area contributed by atoms with Crippen molar-refractivity contribution in [3.63, 3.8) is 0 Å². The summed E-state index contributed by atoms with van der Waals surface area (Å²) in [6, 6.07) is 4.64. The number of carbonyl (C=O) groups is 1. The summed E-state index contributed by atoms with van der Waals surface area (Å²) in [5.41, 5.74) is 6.34. The van der Waals surface area contributed by atoms with Crippen molar-refractivity contribution < 1.29 is 9.90 Å². The van der Waals surface area contributed by atoms with E-state index in [0.29, 0.717) is 16.3 Å². The highest BCUT2D eigenvalue weighted by Gasteiger charge is 2.07. The molecule has 1 aromatic rings. The first-order chi connectivity index (χ1) is 7.00. The van der Waals surface area contributed by atoms with Crippen molar-refractivity contribution in [2.75, 3.05) is 12.3 Å². The molecule has 1 atom stereocenters. The molecule has 1 rings (SSSR count). The molecule has 0 unspecified atom stereocenters. The number of halogens is 1. The molecule has 4 nitrogen and oxygen atoms in total. The van der Waals surface area contributed by atoms with E-state index in [4.69, 9.17) is 22.4 Å². The summed E-state index contributed by atoms with van der Waals surface area (Å²) < 4.78 is 0. The van der Waals surface area contributed by atoms with Gasteiger partial charge in [-0.05, 0) is 25.1 Å². The van der Waals surface area contributed by atoms with Gasteiger partial charge in [-0.2, -0.15) is 0 Å². The minimum Gasteiger partial charge on any atom is -0.398 e. The molecule has 4 N–H and O–H groups in total. The van der Waals surface area contributed by atoms with Crippen molar-refractivity contribution in [1.82, 2.24) is 5.32 Å². The van der Waals surface area contributed by atoms with Gasteiger partial charge in [0.1, 0.15) is 0 Å². The van der Waals surface area contributed by atoms with Gasteiger partial charge in [0, 0.05) is 12.1 Å². The maximum atomic E-state index is 11.5. The van der Waals surface area contributed by atoms with Gasteiger partial charge in [-0.25, -0.2) is 0 Å². The lowest BCUT2D eigenvalue weighted by Gasteiger charge is -2.07. The first kappa shape index (κ1) is 11.8. The van der Waals surface area contributed by atoms with Crippen LogP contribution in [0.1, 0.15) is 17.3 Å². The molecule has 1 amide bonds. The normalized spacial score (nSPS) is 12.2. The van der Waals surface area contributed by atoms with Crippen LogP contribution in [0.3, 0.4) is 0 Å². The summed E-state index contributed by atoms with van der Waals surface area (Å²) >= 11 is 5.72. The number of amides is 1. The van der Waals surface area contributed by atoms with Crippen LogP contribution in [0.5, 0.6) is 0 Å². The standard InChI is InChI=1S/C10H13ClN2O2/c1-6(14)5-13-10(15)7-2-3-8(11)9(12)4-7/h2-4,6,14H,5,12H2,1H3,(H,13,15)/t6-/m0/s1. The van der Waals surface area contributed by atoms with Crippen LogP contribution in [0, 0.1) is 0 Å². The molecule has 0 aromatic heterocycles. The van der Waals surface area contributed by atoms with Gasteiger partial charge in [0.2, 0.25) is 0 Å². The molecule has 0 bridgehead atoms. The van der Waals surface area contributed by atoms with Crippen LogP contribution in [-0.4, -0.2) is 23.7 Å². The van der Waals surface area contributed by atoms with E-state index in [1.54, 1.807) is 19.1 Å². The molecule has 0 aliphatic heterocycles. The lowest BCUT2D eigenvalue weighted by atomic mass is 10.2. The summed E-state index contributed by atoms with van der Waals surface area (Å²) in [6.45, 7) is 1.80. The topological polar surface area (TPSA) is 75.3 Å². The first-order valence-electron chi connectivity index (χ1n) is 4.52. The first-order valence-corrected chi connectivity index (χ1v) is 4.90. The fourth-order valence-electron chi connectivity index (χ4n) is 1.03. The van der Waals surface area contributed by atoms with E-state index in [1.807, 2.05) is 0 Å². The average Bonchev–Trinajstić information content (AvgIpc) is 2.18. The Balaban J connectivity index is 2.70. The second-order valence-electron chi connectivity index (χ2n) is 3.30. The molecule has 0 saturated heterocycles. The molecule has 5 heteroatoms. The van der Waals surface area contributed by atoms with Crippen LogP contribution >= 0.6 is 11.6 Å². The molecular weight excluding hydrogens is 216 g/mol. The van der Waals surface area contributed by atoms with Crippen LogP contribution in [0.15, 0.2) is 18.2 Å². The van der Waals surface area contributed by atoms with Crippen LogP contribution in [0.4, 0.5) is 5.69 Å². The highest BCUT2D eigenvalue weighted by molar-refractivity contribution is 6.33. The van der Waals surface area contributed by atoms with Crippen molar-refractivity contribution in [3.05, 3.63) is 28.8 Å². The molecule has 0 radical (unpaired) electrons. The molecule has 0 fully saturated rings. The number of nitrogens with one attached hydrogen (secondary N) is 1. The van der Waals surface area contributed by atoms with E-state index < -0.39 is 6.10 Å². The van der Waals surface area contributed by atoms with Crippen molar-refractivity contribution in [2.24, 2.45) is 0 Å². The Bertz CT molecular complexity index is 366. The Morgan fingerprint density at radius 2 is 2.33 bits per heavy atom. The Morgan fingerprint density at radius 1 is 1.67 bits per heavy atom. The molecule has 1 aromatic carbocycles. The number of anilines is 1. The van der Waals surface area contributed by atoms with E-state index >= 15 is 0 Å². The number of rotatable bonds is 3. The number of nitrogens with two attached hydrogens (primary N) is 1. The highest BCUT2D eigenvalue weighted by atomic mass is 35.5. The molecule has 0 aliphatic rings. The fourth-order valence-corrected chi connectivity index (χ4v) is 1.15. The summed E-state index contributed by atoms with van der Waals surface area (Å²) in [6.07, 6.45) is -0.571. The van der Waals surface area contributed by atoms with Gasteiger partial charge in [-0.3, -0.25) is 4.79 Å². The maximum Gasteiger partial charge on any atom is 0.251 e. The number of aliphatic hydroxyl groups excluding tert-OH is 1. The quantitative estimate of drug-likeness (QED) is 0.677.